The van der Waals surface area contributed by atoms with E-state index in [2.05, 4.69) is 43.3 Å². The summed E-state index contributed by atoms with van der Waals surface area (Å²) >= 11 is 0. The number of halogens is 1. The molecule has 0 N–H and O–H groups in total. The maximum Gasteiger partial charge on any atom is 0.123 e. The molecule has 19 heavy (non-hydrogen) atoms. The Hall–Kier alpha value is -0.730. The van der Waals surface area contributed by atoms with Gasteiger partial charge >= 0.3 is 0 Å². The van der Waals surface area contributed by atoms with Crippen LogP contribution in [0.1, 0.15) is 31.2 Å². The van der Waals surface area contributed by atoms with Gasteiger partial charge in [-0.05, 0) is 45.0 Å². The third-order valence-electron chi connectivity index (χ3n) is 4.51. The average Bonchev–Trinajstić information content (AvgIpc) is 2.70. The van der Waals surface area contributed by atoms with E-state index in [9.17, 15) is 0 Å². The summed E-state index contributed by atoms with van der Waals surface area (Å²) in [5.74, 6) is 1.80. The van der Waals surface area contributed by atoms with Gasteiger partial charge in [-0.25, -0.2) is 0 Å². The summed E-state index contributed by atoms with van der Waals surface area (Å²) < 4.78 is 6.42. The van der Waals surface area contributed by atoms with Crippen molar-refractivity contribution in [3.05, 3.63) is 29.8 Å². The quantitative estimate of drug-likeness (QED) is 0.822. The molecule has 1 saturated carbocycles. The van der Waals surface area contributed by atoms with E-state index in [1.54, 1.807) is 0 Å². The first-order valence-corrected chi connectivity index (χ1v) is 7.11. The van der Waals surface area contributed by atoms with E-state index >= 15 is 0 Å². The van der Waals surface area contributed by atoms with Crippen molar-refractivity contribution < 1.29 is 4.74 Å². The number of rotatable bonds is 2. The molecule has 1 spiro atoms. The highest BCUT2D eigenvalue weighted by Crippen LogP contribution is 2.46. The molecule has 1 heterocycles. The second-order valence-electron chi connectivity index (χ2n) is 6.16. The lowest BCUT2D eigenvalue weighted by atomic mass is 9.73. The fourth-order valence-electron chi connectivity index (χ4n) is 3.67. The third-order valence-corrected chi connectivity index (χ3v) is 4.51. The van der Waals surface area contributed by atoms with Gasteiger partial charge in [-0.3, -0.25) is 0 Å². The normalized spacial score (nSPS) is 28.9. The molecule has 106 valence electrons. The number of hydrogen-bond donors (Lipinski definition) is 0. The van der Waals surface area contributed by atoms with Gasteiger partial charge in [-0.1, -0.05) is 24.6 Å². The lowest BCUT2D eigenvalue weighted by molar-refractivity contribution is -0.0150. The van der Waals surface area contributed by atoms with Crippen LogP contribution in [0, 0.1) is 5.92 Å². The fraction of sp³-hybridized carbons (Fsp3) is 0.625. The molecule has 0 bridgehead atoms. The van der Waals surface area contributed by atoms with Gasteiger partial charge in [0.15, 0.2) is 0 Å². The fourth-order valence-corrected chi connectivity index (χ4v) is 3.67. The first-order chi connectivity index (χ1) is 8.70. The SMILES string of the molecule is CN(C)CC1CCCC[C@@]12Cc1ccccc1O2.Cl. The Kier molecular flexibility index (Phi) is 4.42. The summed E-state index contributed by atoms with van der Waals surface area (Å²) in [6, 6.07) is 8.57. The van der Waals surface area contributed by atoms with Crippen molar-refractivity contribution in [1.82, 2.24) is 4.90 Å². The molecule has 1 fully saturated rings. The van der Waals surface area contributed by atoms with E-state index in [0.717, 1.165) is 18.7 Å². The molecule has 1 aromatic rings. The van der Waals surface area contributed by atoms with E-state index < -0.39 is 0 Å². The van der Waals surface area contributed by atoms with Crippen LogP contribution in [-0.2, 0) is 6.42 Å². The Labute approximate surface area is 122 Å². The lowest BCUT2D eigenvalue weighted by Gasteiger charge is -2.41. The molecule has 1 aliphatic heterocycles. The topological polar surface area (TPSA) is 12.5 Å². The molecule has 1 aliphatic carbocycles. The van der Waals surface area contributed by atoms with Gasteiger partial charge in [0.1, 0.15) is 11.4 Å². The van der Waals surface area contributed by atoms with Gasteiger partial charge in [-0.15, -0.1) is 12.4 Å². The van der Waals surface area contributed by atoms with Crippen molar-refractivity contribution in [3.63, 3.8) is 0 Å². The molecule has 0 saturated heterocycles. The summed E-state index contributed by atoms with van der Waals surface area (Å²) in [5.41, 5.74) is 1.50. The highest BCUT2D eigenvalue weighted by atomic mass is 35.5. The van der Waals surface area contributed by atoms with Crippen molar-refractivity contribution in [2.75, 3.05) is 20.6 Å². The highest BCUT2D eigenvalue weighted by molar-refractivity contribution is 5.85. The first-order valence-electron chi connectivity index (χ1n) is 7.11. The van der Waals surface area contributed by atoms with E-state index in [-0.39, 0.29) is 18.0 Å². The standard InChI is InChI=1S/C16H23NO.ClH/c1-17(2)12-14-8-5-6-10-16(14)11-13-7-3-4-9-15(13)18-16;/h3-4,7,9,14H,5-6,8,10-12H2,1-2H3;1H/t14?,16-;/m1./s1. The molecule has 0 amide bonds. The number of fused-ring (bicyclic) bond motifs is 1. The molecular weight excluding hydrogens is 258 g/mol. The van der Waals surface area contributed by atoms with Crippen LogP contribution in [0.3, 0.4) is 0 Å². The number of ether oxygens (including phenoxy) is 1. The summed E-state index contributed by atoms with van der Waals surface area (Å²) in [7, 11) is 4.34. The molecule has 2 nitrogen and oxygen atoms in total. The number of nitrogens with zero attached hydrogens (tertiary/aromatic N) is 1. The Bertz CT molecular complexity index is 408. The van der Waals surface area contributed by atoms with Gasteiger partial charge < -0.3 is 9.64 Å². The summed E-state index contributed by atoms with van der Waals surface area (Å²) in [6.07, 6.45) is 6.33. The van der Waals surface area contributed by atoms with Crippen LogP contribution in [0.2, 0.25) is 0 Å². The van der Waals surface area contributed by atoms with Crippen LogP contribution in [0.15, 0.2) is 24.3 Å². The van der Waals surface area contributed by atoms with Crippen LogP contribution in [0.5, 0.6) is 5.75 Å². The van der Waals surface area contributed by atoms with Gasteiger partial charge in [0, 0.05) is 18.9 Å². The van der Waals surface area contributed by atoms with Crippen molar-refractivity contribution in [2.24, 2.45) is 5.92 Å². The Balaban J connectivity index is 0.00000133. The predicted molar refractivity (Wildman–Crippen MR) is 81.3 cm³/mol. The Morgan fingerprint density at radius 2 is 2.05 bits per heavy atom. The van der Waals surface area contributed by atoms with Crippen LogP contribution in [0.25, 0.3) is 0 Å². The van der Waals surface area contributed by atoms with E-state index in [1.807, 2.05) is 0 Å². The molecule has 1 aromatic carbocycles. The summed E-state index contributed by atoms with van der Waals surface area (Å²) in [4.78, 5) is 2.31. The second kappa shape index (κ2) is 5.72. The smallest absolute Gasteiger partial charge is 0.123 e. The van der Waals surface area contributed by atoms with Crippen molar-refractivity contribution >= 4 is 12.4 Å². The minimum absolute atomic E-state index is 0. The van der Waals surface area contributed by atoms with E-state index in [1.165, 1.54) is 31.2 Å². The van der Waals surface area contributed by atoms with Gasteiger partial charge in [0.25, 0.3) is 0 Å². The van der Waals surface area contributed by atoms with Gasteiger partial charge in [0.2, 0.25) is 0 Å². The van der Waals surface area contributed by atoms with Crippen molar-refractivity contribution in [3.8, 4) is 5.75 Å². The molecular formula is C16H24ClNO. The zero-order valence-corrected chi connectivity index (χ0v) is 12.7. The van der Waals surface area contributed by atoms with Gasteiger partial charge in [0.05, 0.1) is 0 Å². The van der Waals surface area contributed by atoms with Crippen molar-refractivity contribution in [2.45, 2.75) is 37.7 Å². The molecule has 3 heteroatoms. The maximum atomic E-state index is 6.42. The largest absolute Gasteiger partial charge is 0.486 e. The van der Waals surface area contributed by atoms with Gasteiger partial charge in [-0.2, -0.15) is 0 Å². The Morgan fingerprint density at radius 3 is 2.79 bits per heavy atom. The van der Waals surface area contributed by atoms with Crippen molar-refractivity contribution in [1.29, 1.82) is 0 Å². The first kappa shape index (κ1) is 14.7. The predicted octanol–water partition coefficient (Wildman–Crippen LogP) is 3.53. The second-order valence-corrected chi connectivity index (χ2v) is 6.16. The third kappa shape index (κ3) is 2.75. The average molecular weight is 282 g/mol. The lowest BCUT2D eigenvalue weighted by Crippen LogP contribution is -2.48. The van der Waals surface area contributed by atoms with Crippen LogP contribution in [0.4, 0.5) is 0 Å². The minimum atomic E-state index is 0. The van der Waals surface area contributed by atoms with Crippen LogP contribution in [-0.4, -0.2) is 31.1 Å². The molecule has 2 atom stereocenters. The summed E-state index contributed by atoms with van der Waals surface area (Å²) in [6.45, 7) is 1.15. The Morgan fingerprint density at radius 1 is 1.26 bits per heavy atom. The van der Waals surface area contributed by atoms with Crippen LogP contribution < -0.4 is 4.74 Å². The number of benzene rings is 1. The number of hydrogen-bond acceptors (Lipinski definition) is 2. The highest BCUT2D eigenvalue weighted by Gasteiger charge is 2.46. The molecule has 0 aromatic heterocycles. The maximum absolute atomic E-state index is 6.42. The molecule has 2 aliphatic rings. The molecule has 0 radical (unpaired) electrons. The van der Waals surface area contributed by atoms with E-state index in [4.69, 9.17) is 4.74 Å². The minimum Gasteiger partial charge on any atom is -0.486 e. The zero-order chi connectivity index (χ0) is 12.6. The molecule has 1 unspecified atom stereocenters. The summed E-state index contributed by atoms with van der Waals surface area (Å²) in [5, 5.41) is 0. The van der Waals surface area contributed by atoms with E-state index in [0.29, 0.717) is 5.92 Å². The number of para-hydroxylation sites is 1. The zero-order valence-electron chi connectivity index (χ0n) is 11.9. The van der Waals surface area contributed by atoms with Crippen LogP contribution >= 0.6 is 12.4 Å². The molecule has 3 rings (SSSR count). The monoisotopic (exact) mass is 281 g/mol.